The van der Waals surface area contributed by atoms with Crippen molar-refractivity contribution < 1.29 is 0 Å². The zero-order chi connectivity index (χ0) is 11.4. The molecule has 0 aromatic carbocycles. The number of rotatable bonds is 3. The van der Waals surface area contributed by atoms with E-state index in [2.05, 4.69) is 24.1 Å². The summed E-state index contributed by atoms with van der Waals surface area (Å²) >= 11 is 1.75. The number of nitrogens with zero attached hydrogens (tertiary/aromatic N) is 1. The van der Waals surface area contributed by atoms with Crippen LogP contribution in [0.3, 0.4) is 0 Å². The van der Waals surface area contributed by atoms with E-state index in [9.17, 15) is 0 Å². The van der Waals surface area contributed by atoms with Gasteiger partial charge >= 0.3 is 0 Å². The molecule has 3 heteroatoms. The van der Waals surface area contributed by atoms with Crippen molar-refractivity contribution in [2.45, 2.75) is 64.0 Å². The van der Waals surface area contributed by atoms with Crippen LogP contribution in [-0.2, 0) is 0 Å². The Morgan fingerprint density at radius 2 is 2.00 bits per heavy atom. The summed E-state index contributed by atoms with van der Waals surface area (Å²) in [4.78, 5) is 5.51. The molecule has 1 aromatic heterocycles. The summed E-state index contributed by atoms with van der Waals surface area (Å²) in [7, 11) is 0. The molecule has 0 amide bonds. The lowest BCUT2D eigenvalue weighted by atomic mass is 9.91. The van der Waals surface area contributed by atoms with Crippen molar-refractivity contribution in [1.82, 2.24) is 10.3 Å². The van der Waals surface area contributed by atoms with Crippen molar-refractivity contribution in [3.63, 3.8) is 0 Å². The van der Waals surface area contributed by atoms with Crippen LogP contribution in [0.2, 0.25) is 0 Å². The molecule has 1 N–H and O–H groups in total. The molecule has 1 heterocycles. The third-order valence-corrected chi connectivity index (χ3v) is 4.61. The van der Waals surface area contributed by atoms with Crippen molar-refractivity contribution >= 4 is 11.3 Å². The highest BCUT2D eigenvalue weighted by Gasteiger charge is 2.27. The van der Waals surface area contributed by atoms with Crippen LogP contribution in [0.25, 0.3) is 0 Å². The molecule has 0 aliphatic heterocycles. The van der Waals surface area contributed by atoms with E-state index in [0.29, 0.717) is 11.6 Å². The summed E-state index contributed by atoms with van der Waals surface area (Å²) in [5, 5.41) is 3.81. The van der Waals surface area contributed by atoms with Gasteiger partial charge in [-0.15, -0.1) is 11.3 Å². The van der Waals surface area contributed by atoms with Gasteiger partial charge < -0.3 is 5.32 Å². The molecule has 2 nitrogen and oxygen atoms in total. The standard InChI is InChI=1S/C13H22N2S/c1-11(12-9-14-10-16-12)15-13(2)7-5-3-4-6-8-13/h9-11,15H,3-8H2,1-2H3. The van der Waals surface area contributed by atoms with Crippen LogP contribution in [0.5, 0.6) is 0 Å². The maximum atomic E-state index is 4.16. The fourth-order valence-electron chi connectivity index (χ4n) is 2.69. The second-order valence-electron chi connectivity index (χ2n) is 5.24. The molecule has 1 aliphatic rings. The number of nitrogens with one attached hydrogen (secondary N) is 1. The molecule has 0 saturated heterocycles. The Labute approximate surface area is 102 Å². The van der Waals surface area contributed by atoms with Gasteiger partial charge in [0, 0.05) is 22.7 Å². The molecule has 90 valence electrons. The predicted octanol–water partition coefficient (Wildman–Crippen LogP) is 3.91. The molecule has 1 aliphatic carbocycles. The lowest BCUT2D eigenvalue weighted by Crippen LogP contribution is -2.43. The SMILES string of the molecule is CC(NC1(C)CCCCCC1)c1cncs1. The first-order valence-electron chi connectivity index (χ1n) is 6.36. The maximum absolute atomic E-state index is 4.16. The highest BCUT2D eigenvalue weighted by atomic mass is 32.1. The van der Waals surface area contributed by atoms with E-state index in [1.807, 2.05) is 11.7 Å². The van der Waals surface area contributed by atoms with Gasteiger partial charge in [0.1, 0.15) is 0 Å². The average molecular weight is 238 g/mol. The highest BCUT2D eigenvalue weighted by Crippen LogP contribution is 2.30. The van der Waals surface area contributed by atoms with E-state index in [1.165, 1.54) is 43.4 Å². The molecule has 1 aromatic rings. The maximum Gasteiger partial charge on any atom is 0.0794 e. The summed E-state index contributed by atoms with van der Waals surface area (Å²) < 4.78 is 0. The summed E-state index contributed by atoms with van der Waals surface area (Å²) in [5.74, 6) is 0. The van der Waals surface area contributed by atoms with Crippen molar-refractivity contribution in [2.24, 2.45) is 0 Å². The van der Waals surface area contributed by atoms with Crippen molar-refractivity contribution in [1.29, 1.82) is 0 Å². The molecular formula is C13H22N2S. The van der Waals surface area contributed by atoms with Gasteiger partial charge in [-0.2, -0.15) is 0 Å². The first-order chi connectivity index (χ1) is 7.70. The minimum absolute atomic E-state index is 0.333. The minimum atomic E-state index is 0.333. The molecule has 1 unspecified atom stereocenters. The lowest BCUT2D eigenvalue weighted by molar-refractivity contribution is 0.285. The monoisotopic (exact) mass is 238 g/mol. The minimum Gasteiger partial charge on any atom is -0.304 e. The molecule has 1 saturated carbocycles. The van der Waals surface area contributed by atoms with E-state index < -0.39 is 0 Å². The number of hydrogen-bond donors (Lipinski definition) is 1. The van der Waals surface area contributed by atoms with Crippen LogP contribution >= 0.6 is 11.3 Å². The molecule has 1 atom stereocenters. The van der Waals surface area contributed by atoms with Crippen LogP contribution in [0.15, 0.2) is 11.7 Å². The topological polar surface area (TPSA) is 24.9 Å². The van der Waals surface area contributed by atoms with Crippen LogP contribution < -0.4 is 5.32 Å². The van der Waals surface area contributed by atoms with Crippen LogP contribution in [-0.4, -0.2) is 10.5 Å². The van der Waals surface area contributed by atoms with E-state index in [0.717, 1.165) is 0 Å². The van der Waals surface area contributed by atoms with E-state index in [4.69, 9.17) is 0 Å². The Hall–Kier alpha value is -0.410. The smallest absolute Gasteiger partial charge is 0.0794 e. The number of thiazole rings is 1. The molecule has 0 spiro atoms. The van der Waals surface area contributed by atoms with Gasteiger partial charge in [0.15, 0.2) is 0 Å². The van der Waals surface area contributed by atoms with Gasteiger partial charge in [0.2, 0.25) is 0 Å². The molecular weight excluding hydrogens is 216 g/mol. The van der Waals surface area contributed by atoms with Gasteiger partial charge in [0.25, 0.3) is 0 Å². The third-order valence-electron chi connectivity index (χ3n) is 3.65. The first kappa shape index (κ1) is 12.1. The Bertz CT molecular complexity index is 300. The van der Waals surface area contributed by atoms with Crippen LogP contribution in [0.1, 0.15) is 63.3 Å². The fourth-order valence-corrected chi connectivity index (χ4v) is 3.31. The van der Waals surface area contributed by atoms with E-state index in [1.54, 1.807) is 11.3 Å². The Morgan fingerprint density at radius 3 is 2.56 bits per heavy atom. The van der Waals surface area contributed by atoms with Crippen molar-refractivity contribution in [3.8, 4) is 0 Å². The van der Waals surface area contributed by atoms with E-state index in [-0.39, 0.29) is 0 Å². The van der Waals surface area contributed by atoms with Gasteiger partial charge in [-0.05, 0) is 26.7 Å². The largest absolute Gasteiger partial charge is 0.304 e. The summed E-state index contributed by atoms with van der Waals surface area (Å²) in [6, 6.07) is 0.440. The predicted molar refractivity (Wildman–Crippen MR) is 69.8 cm³/mol. The Kier molecular flexibility index (Phi) is 3.98. The molecule has 2 rings (SSSR count). The summed E-state index contributed by atoms with van der Waals surface area (Å²) in [6.45, 7) is 4.64. The van der Waals surface area contributed by atoms with Gasteiger partial charge in [-0.1, -0.05) is 25.7 Å². The van der Waals surface area contributed by atoms with Gasteiger partial charge in [-0.25, -0.2) is 0 Å². The molecule has 0 radical (unpaired) electrons. The highest BCUT2D eigenvalue weighted by molar-refractivity contribution is 7.09. The summed E-state index contributed by atoms with van der Waals surface area (Å²) in [6.07, 6.45) is 10.2. The second-order valence-corrected chi connectivity index (χ2v) is 6.16. The summed E-state index contributed by atoms with van der Waals surface area (Å²) in [5.41, 5.74) is 2.25. The van der Waals surface area contributed by atoms with Gasteiger partial charge in [0.05, 0.1) is 5.51 Å². The third kappa shape index (κ3) is 3.05. The van der Waals surface area contributed by atoms with Crippen LogP contribution in [0, 0.1) is 0 Å². The van der Waals surface area contributed by atoms with Crippen LogP contribution in [0.4, 0.5) is 0 Å². The van der Waals surface area contributed by atoms with Crippen molar-refractivity contribution in [3.05, 3.63) is 16.6 Å². The first-order valence-corrected chi connectivity index (χ1v) is 7.24. The zero-order valence-corrected chi connectivity index (χ0v) is 11.1. The fraction of sp³-hybridized carbons (Fsp3) is 0.769. The molecule has 0 bridgehead atoms. The normalized spacial score (nSPS) is 22.6. The average Bonchev–Trinajstić information content (AvgIpc) is 2.69. The second kappa shape index (κ2) is 5.28. The quantitative estimate of drug-likeness (QED) is 0.808. The molecule has 1 fully saturated rings. The van der Waals surface area contributed by atoms with Gasteiger partial charge in [-0.3, -0.25) is 4.98 Å². The lowest BCUT2D eigenvalue weighted by Gasteiger charge is -2.32. The number of hydrogen-bond acceptors (Lipinski definition) is 3. The molecule has 16 heavy (non-hydrogen) atoms. The number of aromatic nitrogens is 1. The Morgan fingerprint density at radius 1 is 1.31 bits per heavy atom. The Balaban J connectivity index is 1.96. The van der Waals surface area contributed by atoms with Crippen molar-refractivity contribution in [2.75, 3.05) is 0 Å². The van der Waals surface area contributed by atoms with E-state index >= 15 is 0 Å². The zero-order valence-electron chi connectivity index (χ0n) is 10.3.